The van der Waals surface area contributed by atoms with E-state index in [-0.39, 0.29) is 17.2 Å². The lowest BCUT2D eigenvalue weighted by atomic mass is 10.1. The Labute approximate surface area is 175 Å². The molecular weight excluding hydrogens is 437 g/mol. The molecule has 154 valence electrons. The van der Waals surface area contributed by atoms with Gasteiger partial charge in [0.15, 0.2) is 6.61 Å². The summed E-state index contributed by atoms with van der Waals surface area (Å²) in [5, 5.41) is 0.390. The van der Waals surface area contributed by atoms with Crippen molar-refractivity contribution in [3.8, 4) is 0 Å². The Kier molecular flexibility index (Phi) is 6.47. The highest BCUT2D eigenvalue weighted by Gasteiger charge is 2.20. The van der Waals surface area contributed by atoms with Gasteiger partial charge in [-0.25, -0.2) is 22.3 Å². The van der Waals surface area contributed by atoms with Crippen molar-refractivity contribution in [3.05, 3.63) is 56.3 Å². The summed E-state index contributed by atoms with van der Waals surface area (Å²) in [7, 11) is -3.26. The van der Waals surface area contributed by atoms with Gasteiger partial charge in [0.1, 0.15) is 10.7 Å². The van der Waals surface area contributed by atoms with E-state index in [0.29, 0.717) is 26.9 Å². The molecule has 0 aliphatic carbocycles. The van der Waals surface area contributed by atoms with Gasteiger partial charge in [-0.1, -0.05) is 6.07 Å². The normalized spacial score (nSPS) is 11.7. The number of carbonyl (C=O) groups is 2. The highest BCUT2D eigenvalue weighted by Crippen LogP contribution is 2.33. The monoisotopic (exact) mass is 455 g/mol. The number of benzene rings is 1. The Balaban J connectivity index is 1.60. The fraction of sp³-hybridized carbons (Fsp3) is 0.263. The lowest BCUT2D eigenvalue weighted by Crippen LogP contribution is -2.24. The van der Waals surface area contributed by atoms with Crippen LogP contribution in [0.5, 0.6) is 0 Å². The number of hydrogen-bond donors (Lipinski definition) is 1. The molecule has 3 aromatic rings. The van der Waals surface area contributed by atoms with Gasteiger partial charge in [-0.3, -0.25) is 4.79 Å². The molecule has 10 heteroatoms. The van der Waals surface area contributed by atoms with Crippen LogP contribution in [0, 0.1) is 12.7 Å². The van der Waals surface area contributed by atoms with Gasteiger partial charge in [0, 0.05) is 21.5 Å². The Bertz CT molecular complexity index is 1180. The molecule has 2 heterocycles. The quantitative estimate of drug-likeness (QED) is 0.415. The largest absolute Gasteiger partial charge is 0.453 e. The number of esters is 1. The minimum absolute atomic E-state index is 0.240. The first-order chi connectivity index (χ1) is 13.7. The van der Waals surface area contributed by atoms with Crippen LogP contribution in [0.4, 0.5) is 4.39 Å². The molecule has 0 amide bonds. The summed E-state index contributed by atoms with van der Waals surface area (Å²) < 4.78 is 44.3. The van der Waals surface area contributed by atoms with E-state index < -0.39 is 28.4 Å². The predicted octanol–water partition coefficient (Wildman–Crippen LogP) is 3.54. The molecule has 0 bridgehead atoms. The Morgan fingerprint density at radius 3 is 2.62 bits per heavy atom. The van der Waals surface area contributed by atoms with Crippen molar-refractivity contribution in [2.45, 2.75) is 13.3 Å². The van der Waals surface area contributed by atoms with Crippen LogP contribution in [0.2, 0.25) is 0 Å². The van der Waals surface area contributed by atoms with E-state index in [1.807, 2.05) is 0 Å². The van der Waals surface area contributed by atoms with Crippen molar-refractivity contribution >= 4 is 54.5 Å². The number of carbonyl (C=O) groups excluding carboxylic acids is 2. The summed E-state index contributed by atoms with van der Waals surface area (Å²) in [5.74, 6) is -1.41. The lowest BCUT2D eigenvalue weighted by Gasteiger charge is -2.03. The van der Waals surface area contributed by atoms with Crippen molar-refractivity contribution in [3.63, 3.8) is 0 Å². The Morgan fingerprint density at radius 2 is 1.93 bits per heavy atom. The van der Waals surface area contributed by atoms with Gasteiger partial charge in [-0.2, -0.15) is 0 Å². The number of halogens is 1. The number of ether oxygens (including phenoxy) is 1. The average Bonchev–Trinajstić information content (AvgIpc) is 3.24. The summed E-state index contributed by atoms with van der Waals surface area (Å²) in [4.78, 5) is 26.2. The second-order valence-corrected chi connectivity index (χ2v) is 10.4. The first-order valence-electron chi connectivity index (χ1n) is 8.57. The molecule has 0 radical (unpaired) electrons. The van der Waals surface area contributed by atoms with Gasteiger partial charge < -0.3 is 4.74 Å². The maximum Gasteiger partial charge on any atom is 0.349 e. The maximum atomic E-state index is 14.0. The van der Waals surface area contributed by atoms with Gasteiger partial charge in [0.2, 0.25) is 15.8 Å². The number of hydrogen-bond acceptors (Lipinski definition) is 7. The van der Waals surface area contributed by atoms with Crippen molar-refractivity contribution < 1.29 is 27.1 Å². The molecule has 0 atom stereocenters. The molecule has 0 unspecified atom stereocenters. The number of aryl methyl sites for hydroxylation is 1. The van der Waals surface area contributed by atoms with Gasteiger partial charge >= 0.3 is 5.97 Å². The zero-order valence-corrected chi connectivity index (χ0v) is 18.1. The molecule has 0 aliphatic heterocycles. The molecule has 0 spiro atoms. The second kappa shape index (κ2) is 8.70. The van der Waals surface area contributed by atoms with Gasteiger partial charge in [0.25, 0.3) is 0 Å². The lowest BCUT2D eigenvalue weighted by molar-refractivity contribution is 0.0480. The topological polar surface area (TPSA) is 89.5 Å². The minimum atomic E-state index is -3.26. The molecule has 1 N–H and O–H groups in total. The predicted molar refractivity (Wildman–Crippen MR) is 112 cm³/mol. The fourth-order valence-corrected chi connectivity index (χ4v) is 5.26. The van der Waals surface area contributed by atoms with E-state index in [1.165, 1.54) is 17.4 Å². The number of Topliss-reactive ketones (excluding diaryl/α,β-unsaturated/α-hetero) is 1. The number of thiophene rings is 2. The van der Waals surface area contributed by atoms with Gasteiger partial charge in [-0.05, 0) is 43.2 Å². The summed E-state index contributed by atoms with van der Waals surface area (Å²) >= 11 is 2.35. The average molecular weight is 456 g/mol. The third-order valence-electron chi connectivity index (χ3n) is 4.09. The van der Waals surface area contributed by atoms with Gasteiger partial charge in [-0.15, -0.1) is 22.7 Å². The minimum Gasteiger partial charge on any atom is -0.453 e. The molecule has 0 saturated heterocycles. The molecule has 0 aliphatic rings. The molecule has 1 aromatic carbocycles. The van der Waals surface area contributed by atoms with Crippen LogP contribution in [-0.4, -0.2) is 39.6 Å². The number of sulfonamides is 1. The summed E-state index contributed by atoms with van der Waals surface area (Å²) in [6.07, 6.45) is 1.54. The molecule has 3 rings (SSSR count). The maximum absolute atomic E-state index is 14.0. The highest BCUT2D eigenvalue weighted by molar-refractivity contribution is 7.88. The van der Waals surface area contributed by atoms with Crippen LogP contribution in [-0.2, 0) is 21.2 Å². The molecular formula is C19H18FNO5S3. The van der Waals surface area contributed by atoms with E-state index in [2.05, 4.69) is 4.72 Å². The molecule has 2 aromatic heterocycles. The molecule has 0 fully saturated rings. The van der Waals surface area contributed by atoms with E-state index >= 15 is 0 Å². The second-order valence-electron chi connectivity index (χ2n) is 6.35. The Morgan fingerprint density at radius 1 is 1.17 bits per heavy atom. The summed E-state index contributed by atoms with van der Waals surface area (Å²) in [6, 6.07) is 8.00. The number of nitrogens with one attached hydrogen (secondary N) is 1. The third kappa shape index (κ3) is 5.27. The fourth-order valence-electron chi connectivity index (χ4n) is 2.74. The van der Waals surface area contributed by atoms with Crippen LogP contribution >= 0.6 is 22.7 Å². The SMILES string of the molecule is Cc1c(C(=O)OCC(=O)c2ccc(CCNS(C)(=O)=O)s2)sc2cccc(F)c12. The zero-order chi connectivity index (χ0) is 21.2. The van der Waals surface area contributed by atoms with Crippen molar-refractivity contribution in [2.24, 2.45) is 0 Å². The highest BCUT2D eigenvalue weighted by atomic mass is 32.2. The molecule has 29 heavy (non-hydrogen) atoms. The van der Waals surface area contributed by atoms with E-state index in [9.17, 15) is 22.4 Å². The van der Waals surface area contributed by atoms with Crippen LogP contribution in [0.25, 0.3) is 10.1 Å². The van der Waals surface area contributed by atoms with Crippen LogP contribution < -0.4 is 4.72 Å². The van der Waals surface area contributed by atoms with E-state index in [0.717, 1.165) is 22.5 Å². The van der Waals surface area contributed by atoms with Crippen LogP contribution in [0.1, 0.15) is 29.8 Å². The van der Waals surface area contributed by atoms with Crippen molar-refractivity contribution in [2.75, 3.05) is 19.4 Å². The zero-order valence-electron chi connectivity index (χ0n) is 15.7. The van der Waals surface area contributed by atoms with Crippen LogP contribution in [0.15, 0.2) is 30.3 Å². The third-order valence-corrected chi connectivity index (χ3v) is 7.25. The Hall–Kier alpha value is -2.14. The van der Waals surface area contributed by atoms with Gasteiger partial charge in [0.05, 0.1) is 11.1 Å². The smallest absolute Gasteiger partial charge is 0.349 e. The summed E-state index contributed by atoms with van der Waals surface area (Å²) in [6.45, 7) is 1.47. The first-order valence-corrected chi connectivity index (χ1v) is 12.1. The van der Waals surface area contributed by atoms with E-state index in [4.69, 9.17) is 4.74 Å². The van der Waals surface area contributed by atoms with Crippen molar-refractivity contribution in [1.82, 2.24) is 4.72 Å². The van der Waals surface area contributed by atoms with Crippen LogP contribution in [0.3, 0.4) is 0 Å². The number of rotatable bonds is 8. The molecule has 0 saturated carbocycles. The summed E-state index contributed by atoms with van der Waals surface area (Å²) in [5.41, 5.74) is 0.498. The number of fused-ring (bicyclic) bond motifs is 1. The van der Waals surface area contributed by atoms with E-state index in [1.54, 1.807) is 31.2 Å². The molecule has 6 nitrogen and oxygen atoms in total. The first kappa shape index (κ1) is 21.6. The van der Waals surface area contributed by atoms with Crippen molar-refractivity contribution in [1.29, 1.82) is 0 Å². The standard InChI is InChI=1S/C19H18FNO5S3/c1-11-17-13(20)4-3-5-16(17)28-18(11)19(23)26-10-14(22)15-7-6-12(27-15)8-9-21-29(2,24)25/h3-7,21H,8-10H2,1-2H3. The number of ketones is 1.